The third-order valence-electron chi connectivity index (χ3n) is 14.5. The Morgan fingerprint density at radius 2 is 0.868 bits per heavy atom. The van der Waals surface area contributed by atoms with E-state index in [0.717, 1.165) is 50.3 Å². The molecule has 0 fully saturated rings. The summed E-state index contributed by atoms with van der Waals surface area (Å²) in [4.78, 5) is 4.96. The summed E-state index contributed by atoms with van der Waals surface area (Å²) in [6.45, 7) is 0. The largest absolute Gasteiger partial charge is 0.456 e. The second kappa shape index (κ2) is 15.1. The molecule has 14 rings (SSSR count). The van der Waals surface area contributed by atoms with Gasteiger partial charge in [0.15, 0.2) is 0 Å². The Morgan fingerprint density at radius 1 is 0.338 bits per heavy atom. The molecule has 0 atom stereocenters. The Bertz CT molecular complexity index is 3900. The minimum atomic E-state index is -0.614. The van der Waals surface area contributed by atoms with Crippen molar-refractivity contribution in [3.8, 4) is 33.4 Å². The summed E-state index contributed by atoms with van der Waals surface area (Å²) in [6.07, 6.45) is 0. The van der Waals surface area contributed by atoms with Crippen LogP contribution in [0.2, 0.25) is 0 Å². The highest BCUT2D eigenvalue weighted by Gasteiger charge is 2.52. The molecule has 1 aromatic heterocycles. The van der Waals surface area contributed by atoms with Crippen LogP contribution in [0.4, 0.5) is 34.1 Å². The van der Waals surface area contributed by atoms with Crippen molar-refractivity contribution in [1.82, 2.24) is 0 Å². The number of fused-ring (bicyclic) bond motifs is 13. The van der Waals surface area contributed by atoms with E-state index in [1.54, 1.807) is 0 Å². The third kappa shape index (κ3) is 5.47. The Kier molecular flexibility index (Phi) is 8.50. The number of hydrogen-bond acceptors (Lipinski definition) is 3. The van der Waals surface area contributed by atoms with Gasteiger partial charge in [0.1, 0.15) is 11.2 Å². The highest BCUT2D eigenvalue weighted by atomic mass is 16.3. The molecule has 3 heteroatoms. The Morgan fingerprint density at radius 3 is 1.66 bits per heavy atom. The average molecular weight is 867 g/mol. The number of rotatable bonds is 6. The van der Waals surface area contributed by atoms with Crippen molar-refractivity contribution in [2.75, 3.05) is 9.80 Å². The molecule has 2 heterocycles. The predicted octanol–water partition coefficient (Wildman–Crippen LogP) is 17.7. The first-order valence-electron chi connectivity index (χ1n) is 23.4. The molecule has 0 saturated heterocycles. The molecule has 0 radical (unpaired) electrons. The summed E-state index contributed by atoms with van der Waals surface area (Å²) in [5, 5.41) is 4.63. The molecule has 3 nitrogen and oxygen atoms in total. The van der Waals surface area contributed by atoms with Gasteiger partial charge in [-0.25, -0.2) is 0 Å². The third-order valence-corrected chi connectivity index (χ3v) is 14.5. The van der Waals surface area contributed by atoms with Gasteiger partial charge < -0.3 is 14.2 Å². The molecule has 2 aliphatic rings. The molecular weight excluding hydrogens is 825 g/mol. The molecule has 1 spiro atoms. The van der Waals surface area contributed by atoms with Crippen LogP contribution < -0.4 is 9.80 Å². The van der Waals surface area contributed by atoms with Crippen LogP contribution in [0.5, 0.6) is 0 Å². The Hall–Kier alpha value is -8.92. The van der Waals surface area contributed by atoms with Crippen LogP contribution in [0.3, 0.4) is 0 Å². The first-order valence-corrected chi connectivity index (χ1v) is 23.4. The van der Waals surface area contributed by atoms with E-state index >= 15 is 0 Å². The molecule has 11 aromatic carbocycles. The highest BCUT2D eigenvalue weighted by molar-refractivity contribution is 6.09. The van der Waals surface area contributed by atoms with Gasteiger partial charge in [-0.1, -0.05) is 194 Å². The normalized spacial score (nSPS) is 13.1. The van der Waals surface area contributed by atoms with E-state index in [0.29, 0.717) is 0 Å². The van der Waals surface area contributed by atoms with Crippen LogP contribution in [0, 0.1) is 0 Å². The summed E-state index contributed by atoms with van der Waals surface area (Å²) < 4.78 is 6.47. The molecule has 0 saturated carbocycles. The minimum absolute atomic E-state index is 0.614. The van der Waals surface area contributed by atoms with Gasteiger partial charge in [-0.15, -0.1) is 0 Å². The van der Waals surface area contributed by atoms with Crippen LogP contribution in [-0.2, 0) is 5.41 Å². The molecule has 0 N–H and O–H groups in total. The zero-order chi connectivity index (χ0) is 44.8. The van der Waals surface area contributed by atoms with Crippen LogP contribution >= 0.6 is 0 Å². The van der Waals surface area contributed by atoms with Gasteiger partial charge in [-0.2, -0.15) is 0 Å². The van der Waals surface area contributed by atoms with Crippen molar-refractivity contribution in [1.29, 1.82) is 0 Å². The van der Waals surface area contributed by atoms with E-state index in [1.165, 1.54) is 72.2 Å². The lowest BCUT2D eigenvalue weighted by atomic mass is 9.64. The first-order chi connectivity index (χ1) is 33.8. The predicted molar refractivity (Wildman–Crippen MR) is 282 cm³/mol. The molecule has 0 amide bonds. The second-order valence-corrected chi connectivity index (χ2v) is 17.9. The quantitative estimate of drug-likeness (QED) is 0.166. The van der Waals surface area contributed by atoms with E-state index in [9.17, 15) is 0 Å². The molecule has 68 heavy (non-hydrogen) atoms. The standard InChI is InChI=1S/C65H42N2O/c1-2-22-44(23-3-1)66-59-36-15-12-32-55(59)65(56-33-13-16-37-60(56)66)54-31-11-8-29-52(54)64-57(65)34-19-38-61(64)67(45-40-41-63-53(42-45)51-28-10-17-39-62(51)68-63)58-35-14-9-27-50(58)49-26-7-6-25-48(49)47-30-18-21-43-20-4-5-24-46(43)47/h1-42H. The molecule has 1 aliphatic carbocycles. The number of benzene rings is 11. The number of anilines is 6. The van der Waals surface area contributed by atoms with Gasteiger partial charge >= 0.3 is 0 Å². The molecular formula is C65H42N2O. The van der Waals surface area contributed by atoms with E-state index in [-0.39, 0.29) is 0 Å². The number of para-hydroxylation sites is 5. The van der Waals surface area contributed by atoms with Crippen molar-refractivity contribution >= 4 is 66.8 Å². The first kappa shape index (κ1) is 38.4. The minimum Gasteiger partial charge on any atom is -0.456 e. The zero-order valence-corrected chi connectivity index (χ0v) is 37.1. The maximum Gasteiger partial charge on any atom is 0.135 e. The van der Waals surface area contributed by atoms with E-state index in [2.05, 4.69) is 259 Å². The molecule has 1 aliphatic heterocycles. The van der Waals surface area contributed by atoms with Crippen LogP contribution in [-0.4, -0.2) is 0 Å². The molecule has 12 aromatic rings. The van der Waals surface area contributed by atoms with Gasteiger partial charge in [-0.05, 0) is 116 Å². The van der Waals surface area contributed by atoms with Crippen molar-refractivity contribution in [2.45, 2.75) is 5.41 Å². The highest BCUT2D eigenvalue weighted by Crippen LogP contribution is 2.65. The molecule has 0 unspecified atom stereocenters. The summed E-state index contributed by atoms with van der Waals surface area (Å²) in [7, 11) is 0. The maximum atomic E-state index is 6.47. The molecule has 0 bridgehead atoms. The SMILES string of the molecule is c1ccc(N2c3ccccc3C3(c4ccccc4-c4c(N(c5ccc6oc7ccccc7c6c5)c5ccccc5-c5ccccc5-c5cccc6ccccc56)cccc43)c3ccccc32)cc1. The fraction of sp³-hybridized carbons (Fsp3) is 0.0154. The average Bonchev–Trinajstić information content (AvgIpc) is 3.93. The van der Waals surface area contributed by atoms with Crippen LogP contribution in [0.25, 0.3) is 66.1 Å². The lowest BCUT2D eigenvalue weighted by molar-refractivity contribution is 0.669. The van der Waals surface area contributed by atoms with Gasteiger partial charge in [0.25, 0.3) is 0 Å². The smallest absolute Gasteiger partial charge is 0.135 e. The van der Waals surface area contributed by atoms with E-state index in [4.69, 9.17) is 4.42 Å². The monoisotopic (exact) mass is 866 g/mol. The van der Waals surface area contributed by atoms with Crippen LogP contribution in [0.1, 0.15) is 22.3 Å². The van der Waals surface area contributed by atoms with Gasteiger partial charge in [0.05, 0.1) is 28.2 Å². The van der Waals surface area contributed by atoms with Gasteiger partial charge in [0, 0.05) is 33.3 Å². The van der Waals surface area contributed by atoms with E-state index in [1.807, 2.05) is 6.07 Å². The summed E-state index contributed by atoms with van der Waals surface area (Å²) >= 11 is 0. The van der Waals surface area contributed by atoms with Crippen molar-refractivity contribution in [3.05, 3.63) is 277 Å². The fourth-order valence-electron chi connectivity index (χ4n) is 11.7. The maximum absolute atomic E-state index is 6.47. The zero-order valence-electron chi connectivity index (χ0n) is 37.1. The fourth-order valence-corrected chi connectivity index (χ4v) is 11.7. The number of nitrogens with zero attached hydrogens (tertiary/aromatic N) is 2. The summed E-state index contributed by atoms with van der Waals surface area (Å²) in [5.74, 6) is 0. The van der Waals surface area contributed by atoms with Crippen molar-refractivity contribution < 1.29 is 4.42 Å². The van der Waals surface area contributed by atoms with Gasteiger partial charge in [-0.3, -0.25) is 0 Å². The van der Waals surface area contributed by atoms with Crippen LogP contribution in [0.15, 0.2) is 259 Å². The number of hydrogen-bond donors (Lipinski definition) is 0. The topological polar surface area (TPSA) is 19.6 Å². The second-order valence-electron chi connectivity index (χ2n) is 17.9. The summed E-state index contributed by atoms with van der Waals surface area (Å²) in [5.41, 5.74) is 20.1. The van der Waals surface area contributed by atoms with E-state index < -0.39 is 5.41 Å². The number of furan rings is 1. The van der Waals surface area contributed by atoms with Gasteiger partial charge in [0.2, 0.25) is 0 Å². The Balaban J connectivity index is 1.07. The summed E-state index contributed by atoms with van der Waals surface area (Å²) in [6, 6.07) is 93.3. The van der Waals surface area contributed by atoms with Crippen molar-refractivity contribution in [3.63, 3.8) is 0 Å². The van der Waals surface area contributed by atoms with Crippen molar-refractivity contribution in [2.24, 2.45) is 0 Å². The lowest BCUT2D eigenvalue weighted by Crippen LogP contribution is -2.36. The Labute approximate surface area is 395 Å². The molecule has 318 valence electrons. The lowest BCUT2D eigenvalue weighted by Gasteiger charge is -2.45.